The van der Waals surface area contributed by atoms with Crippen molar-refractivity contribution >= 4 is 23.2 Å². The van der Waals surface area contributed by atoms with Gasteiger partial charge in [-0.05, 0) is 30.7 Å². The van der Waals surface area contributed by atoms with Crippen molar-refractivity contribution < 1.29 is 9.59 Å². The number of hydrogen-bond acceptors (Lipinski definition) is 5. The van der Waals surface area contributed by atoms with E-state index < -0.39 is 0 Å². The highest BCUT2D eigenvalue weighted by molar-refractivity contribution is 7.10. The zero-order valence-corrected chi connectivity index (χ0v) is 16.5. The van der Waals surface area contributed by atoms with Crippen molar-refractivity contribution in [3.05, 3.63) is 34.0 Å². The van der Waals surface area contributed by atoms with Crippen LogP contribution in [0.3, 0.4) is 0 Å². The Labute approximate surface area is 163 Å². The van der Waals surface area contributed by atoms with Gasteiger partial charge in [0.1, 0.15) is 0 Å². The van der Waals surface area contributed by atoms with Crippen molar-refractivity contribution in [2.75, 3.05) is 13.1 Å². The van der Waals surface area contributed by atoms with E-state index in [1.807, 2.05) is 34.2 Å². The summed E-state index contributed by atoms with van der Waals surface area (Å²) in [6.45, 7) is 4.55. The van der Waals surface area contributed by atoms with Gasteiger partial charge in [0, 0.05) is 30.9 Å². The van der Waals surface area contributed by atoms with Gasteiger partial charge >= 0.3 is 0 Å². The number of fused-ring (bicyclic) bond motifs is 1. The molecule has 1 unspecified atom stereocenters. The minimum absolute atomic E-state index is 0.0146. The molecule has 2 aromatic rings. The molecule has 0 bridgehead atoms. The maximum Gasteiger partial charge on any atom is 0.228 e. The number of likely N-dealkylation sites (tertiary alicyclic amines) is 1. The first-order valence-corrected chi connectivity index (χ1v) is 10.6. The smallest absolute Gasteiger partial charge is 0.228 e. The first-order chi connectivity index (χ1) is 13.2. The molecule has 27 heavy (non-hydrogen) atoms. The van der Waals surface area contributed by atoms with E-state index >= 15 is 0 Å². The highest BCUT2D eigenvalue weighted by atomic mass is 32.1. The first-order valence-electron chi connectivity index (χ1n) is 9.69. The predicted octanol–water partition coefficient (Wildman–Crippen LogP) is 2.39. The third-order valence-electron chi connectivity index (χ3n) is 5.46. The van der Waals surface area contributed by atoms with Gasteiger partial charge < -0.3 is 14.4 Å². The molecule has 1 saturated heterocycles. The topological polar surface area (TPSA) is 71.3 Å². The fourth-order valence-electron chi connectivity index (χ4n) is 4.02. The van der Waals surface area contributed by atoms with Gasteiger partial charge in [0.25, 0.3) is 0 Å². The molecule has 1 atom stereocenters. The van der Waals surface area contributed by atoms with E-state index in [9.17, 15) is 9.59 Å². The molecule has 7 nitrogen and oxygen atoms in total. The van der Waals surface area contributed by atoms with Crippen molar-refractivity contribution in [3.63, 3.8) is 0 Å². The Morgan fingerprint density at radius 3 is 2.85 bits per heavy atom. The van der Waals surface area contributed by atoms with Crippen LogP contribution in [0.2, 0.25) is 0 Å². The quantitative estimate of drug-likeness (QED) is 0.808. The van der Waals surface area contributed by atoms with Crippen molar-refractivity contribution in [2.24, 2.45) is 0 Å². The maximum atomic E-state index is 12.6. The van der Waals surface area contributed by atoms with Crippen LogP contribution in [0.5, 0.6) is 0 Å². The molecule has 0 aliphatic carbocycles. The Morgan fingerprint density at radius 1 is 1.19 bits per heavy atom. The van der Waals surface area contributed by atoms with Crippen LogP contribution < -0.4 is 0 Å². The molecule has 8 heteroatoms. The lowest BCUT2D eigenvalue weighted by Gasteiger charge is -2.36. The van der Waals surface area contributed by atoms with Crippen molar-refractivity contribution in [1.82, 2.24) is 24.6 Å². The second kappa shape index (κ2) is 7.80. The average Bonchev–Trinajstić information content (AvgIpc) is 3.36. The number of nitrogens with zero attached hydrogens (tertiary/aromatic N) is 5. The molecular weight excluding hydrogens is 362 g/mol. The van der Waals surface area contributed by atoms with E-state index in [-0.39, 0.29) is 17.9 Å². The molecule has 0 saturated carbocycles. The third kappa shape index (κ3) is 3.63. The summed E-state index contributed by atoms with van der Waals surface area (Å²) in [7, 11) is 0. The number of hydrogen-bond donors (Lipinski definition) is 0. The molecule has 4 heterocycles. The zero-order valence-electron chi connectivity index (χ0n) is 15.6. The molecule has 144 valence electrons. The standard InChI is InChI=1S/C19H25N5O2S/c1-2-17(25)23-8-4-3-7-15(23)19-21-20-16-13-22(9-10-24(16)19)18(26)12-14-6-5-11-27-14/h5-6,11,15H,2-4,7-10,12-13H2,1H3. The molecule has 2 aliphatic rings. The lowest BCUT2D eigenvalue weighted by atomic mass is 10.0. The predicted molar refractivity (Wildman–Crippen MR) is 102 cm³/mol. The van der Waals surface area contributed by atoms with Crippen LogP contribution in [0.15, 0.2) is 17.5 Å². The van der Waals surface area contributed by atoms with Crippen LogP contribution in [0.4, 0.5) is 0 Å². The molecule has 2 aromatic heterocycles. The minimum Gasteiger partial charge on any atom is -0.333 e. The van der Waals surface area contributed by atoms with Crippen LogP contribution >= 0.6 is 11.3 Å². The van der Waals surface area contributed by atoms with E-state index in [1.165, 1.54) is 0 Å². The number of piperidine rings is 1. The van der Waals surface area contributed by atoms with Crippen molar-refractivity contribution in [1.29, 1.82) is 0 Å². The van der Waals surface area contributed by atoms with Gasteiger partial charge in [-0.3, -0.25) is 9.59 Å². The minimum atomic E-state index is 0.0146. The molecule has 1 fully saturated rings. The molecule has 4 rings (SSSR count). The third-order valence-corrected chi connectivity index (χ3v) is 6.34. The van der Waals surface area contributed by atoms with Crippen molar-refractivity contribution in [3.8, 4) is 0 Å². The number of aromatic nitrogens is 3. The number of rotatable bonds is 4. The van der Waals surface area contributed by atoms with E-state index in [4.69, 9.17) is 0 Å². The van der Waals surface area contributed by atoms with Crippen LogP contribution in [-0.2, 0) is 29.1 Å². The van der Waals surface area contributed by atoms with Gasteiger partial charge in [-0.2, -0.15) is 0 Å². The largest absolute Gasteiger partial charge is 0.333 e. The summed E-state index contributed by atoms with van der Waals surface area (Å²) in [5.74, 6) is 2.02. The Morgan fingerprint density at radius 2 is 2.07 bits per heavy atom. The fourth-order valence-corrected chi connectivity index (χ4v) is 4.71. The van der Waals surface area contributed by atoms with Gasteiger partial charge in [0.15, 0.2) is 11.6 Å². The number of amides is 2. The van der Waals surface area contributed by atoms with Gasteiger partial charge in [-0.15, -0.1) is 21.5 Å². The SMILES string of the molecule is CCC(=O)N1CCCCC1c1nnc2n1CCN(C(=O)Cc1cccs1)C2. The van der Waals surface area contributed by atoms with Gasteiger partial charge in [0.05, 0.1) is 19.0 Å². The summed E-state index contributed by atoms with van der Waals surface area (Å²) in [4.78, 5) is 29.9. The Bertz CT molecular complexity index is 816. The van der Waals surface area contributed by atoms with E-state index in [0.29, 0.717) is 32.5 Å². The lowest BCUT2D eigenvalue weighted by molar-refractivity contribution is -0.135. The molecule has 0 radical (unpaired) electrons. The Hall–Kier alpha value is -2.22. The summed E-state index contributed by atoms with van der Waals surface area (Å²) in [6, 6.07) is 3.98. The molecule has 0 N–H and O–H groups in total. The summed E-state index contributed by atoms with van der Waals surface area (Å²) in [5.41, 5.74) is 0. The van der Waals surface area contributed by atoms with Gasteiger partial charge in [0.2, 0.25) is 11.8 Å². The molecule has 2 aliphatic heterocycles. The summed E-state index contributed by atoms with van der Waals surface area (Å²) in [6.07, 6.45) is 4.05. The van der Waals surface area contributed by atoms with Crippen molar-refractivity contribution in [2.45, 2.75) is 58.2 Å². The molecule has 2 amide bonds. The molecular formula is C19H25N5O2S. The number of thiophene rings is 1. The summed E-state index contributed by atoms with van der Waals surface area (Å²) >= 11 is 1.61. The summed E-state index contributed by atoms with van der Waals surface area (Å²) < 4.78 is 2.13. The highest BCUT2D eigenvalue weighted by Gasteiger charge is 2.33. The van der Waals surface area contributed by atoms with Crippen LogP contribution in [0.25, 0.3) is 0 Å². The molecule has 0 aromatic carbocycles. The zero-order chi connectivity index (χ0) is 18.8. The van der Waals surface area contributed by atoms with Crippen LogP contribution in [0.1, 0.15) is 55.2 Å². The molecule has 0 spiro atoms. The number of carbonyl (C=O) groups is 2. The average molecular weight is 388 g/mol. The van der Waals surface area contributed by atoms with Crippen LogP contribution in [0, 0.1) is 0 Å². The Kier molecular flexibility index (Phi) is 5.24. The van der Waals surface area contributed by atoms with Crippen LogP contribution in [-0.4, -0.2) is 49.5 Å². The second-order valence-corrected chi connectivity index (χ2v) is 8.18. The number of carbonyl (C=O) groups excluding carboxylic acids is 2. The first kappa shape index (κ1) is 18.2. The lowest BCUT2D eigenvalue weighted by Crippen LogP contribution is -2.42. The van der Waals surface area contributed by atoms with E-state index in [0.717, 1.165) is 42.3 Å². The van der Waals surface area contributed by atoms with Gasteiger partial charge in [-0.25, -0.2) is 0 Å². The second-order valence-electron chi connectivity index (χ2n) is 7.15. The highest BCUT2D eigenvalue weighted by Crippen LogP contribution is 2.31. The fraction of sp³-hybridized carbons (Fsp3) is 0.579. The Balaban J connectivity index is 1.49. The van der Waals surface area contributed by atoms with Gasteiger partial charge in [-0.1, -0.05) is 13.0 Å². The maximum absolute atomic E-state index is 12.6. The monoisotopic (exact) mass is 387 g/mol. The van der Waals surface area contributed by atoms with E-state index in [1.54, 1.807) is 11.3 Å². The van der Waals surface area contributed by atoms with E-state index in [2.05, 4.69) is 14.8 Å². The normalized spacial score (nSPS) is 19.8. The summed E-state index contributed by atoms with van der Waals surface area (Å²) in [5, 5.41) is 10.8.